The Labute approximate surface area is 199 Å². The first-order valence-corrected chi connectivity index (χ1v) is 11.8. The molecule has 32 heavy (non-hydrogen) atoms. The van der Waals surface area contributed by atoms with Gasteiger partial charge >= 0.3 is 0 Å². The molecule has 174 valence electrons. The molecule has 1 atom stereocenters. The Hall–Kier alpha value is -2.13. The molecule has 0 aromatic heterocycles. The van der Waals surface area contributed by atoms with Crippen molar-refractivity contribution in [1.29, 1.82) is 0 Å². The predicted molar refractivity (Wildman–Crippen MR) is 125 cm³/mol. The summed E-state index contributed by atoms with van der Waals surface area (Å²) in [4.78, 5) is 25.6. The van der Waals surface area contributed by atoms with E-state index in [1.807, 2.05) is 0 Å². The summed E-state index contributed by atoms with van der Waals surface area (Å²) in [5, 5.41) is 0.481. The Kier molecular flexibility index (Phi) is 9.09. The number of ether oxygens (including phenoxy) is 1. The Morgan fingerprint density at radius 1 is 1.16 bits per heavy atom. The maximum atomic E-state index is 13.3. The highest BCUT2D eigenvalue weighted by molar-refractivity contribution is 7.89. The molecule has 7 nitrogen and oxygen atoms in total. The predicted octanol–water partition coefficient (Wildman–Crippen LogP) is 3.01. The van der Waals surface area contributed by atoms with Gasteiger partial charge in [0.05, 0.1) is 18.6 Å². The van der Waals surface area contributed by atoms with Crippen LogP contribution in [0.5, 0.6) is 5.75 Å². The second kappa shape index (κ2) is 11.1. The molecule has 10 heteroatoms. The average Bonchev–Trinajstić information content (AvgIpc) is 2.88. The van der Waals surface area contributed by atoms with Gasteiger partial charge in [0.15, 0.2) is 5.78 Å². The third-order valence-electron chi connectivity index (χ3n) is 5.34. The fourth-order valence-electron chi connectivity index (χ4n) is 3.67. The summed E-state index contributed by atoms with van der Waals surface area (Å²) >= 11 is 6.09. The van der Waals surface area contributed by atoms with E-state index in [1.165, 1.54) is 19.2 Å². The van der Waals surface area contributed by atoms with Crippen molar-refractivity contribution in [2.75, 3.05) is 20.2 Å². The minimum atomic E-state index is -4.17. The number of carbonyl (C=O) groups excluding carboxylic acids is 2. The van der Waals surface area contributed by atoms with Crippen molar-refractivity contribution in [1.82, 2.24) is 4.31 Å². The lowest BCUT2D eigenvalue weighted by atomic mass is 9.93. The molecule has 0 radical (unpaired) electrons. The minimum Gasteiger partial charge on any atom is -0.496 e. The number of hydrogen-bond donors (Lipinski definition) is 1. The molecule has 3 rings (SSSR count). The first-order chi connectivity index (χ1) is 14.8. The molecule has 1 amide bonds. The van der Waals surface area contributed by atoms with E-state index < -0.39 is 28.4 Å². The van der Waals surface area contributed by atoms with Gasteiger partial charge in [-0.2, -0.15) is 0 Å². The maximum Gasteiger partial charge on any atom is 0.266 e. The van der Waals surface area contributed by atoms with Gasteiger partial charge < -0.3 is 10.5 Å². The lowest BCUT2D eigenvalue weighted by Gasteiger charge is -2.24. The molecule has 0 bridgehead atoms. The summed E-state index contributed by atoms with van der Waals surface area (Å²) in [6, 6.07) is 11.3. The average molecular weight is 501 g/mol. The largest absolute Gasteiger partial charge is 0.496 e. The van der Waals surface area contributed by atoms with Crippen molar-refractivity contribution in [3.8, 4) is 5.75 Å². The molecular formula is C22H26Cl2N2O5S. The van der Waals surface area contributed by atoms with Crippen LogP contribution in [0, 0.1) is 5.92 Å². The van der Waals surface area contributed by atoms with Crippen molar-refractivity contribution in [2.24, 2.45) is 11.7 Å². The van der Waals surface area contributed by atoms with Gasteiger partial charge in [-0.15, -0.1) is 12.4 Å². The number of nitrogens with zero attached hydrogens (tertiary/aromatic N) is 1. The van der Waals surface area contributed by atoms with Crippen LogP contribution in [0.1, 0.15) is 24.0 Å². The van der Waals surface area contributed by atoms with Crippen molar-refractivity contribution < 1.29 is 22.7 Å². The summed E-state index contributed by atoms with van der Waals surface area (Å²) in [5.74, 6) is -1.03. The van der Waals surface area contributed by atoms with Crippen LogP contribution in [-0.4, -0.2) is 44.6 Å². The van der Waals surface area contributed by atoms with Crippen molar-refractivity contribution in [3.05, 3.63) is 58.6 Å². The monoisotopic (exact) mass is 500 g/mol. The SMILES string of the molecule is COc1ccc(Cl)cc1CC1CCC(=O)CN(S(=O)(=O)c2ccc(CCN)cc2)C1=O.Cl. The van der Waals surface area contributed by atoms with Gasteiger partial charge in [0, 0.05) is 17.4 Å². The molecule has 2 N–H and O–H groups in total. The third kappa shape index (κ3) is 5.81. The number of carbonyl (C=O) groups is 2. The van der Waals surface area contributed by atoms with Crippen LogP contribution in [0.25, 0.3) is 0 Å². The molecule has 1 unspecified atom stereocenters. The van der Waals surface area contributed by atoms with Gasteiger partial charge in [-0.3, -0.25) is 9.59 Å². The summed E-state index contributed by atoms with van der Waals surface area (Å²) < 4.78 is 32.5. The molecule has 1 heterocycles. The maximum absolute atomic E-state index is 13.3. The number of benzene rings is 2. The summed E-state index contributed by atoms with van der Waals surface area (Å²) in [6.45, 7) is -0.0191. The van der Waals surface area contributed by atoms with E-state index in [0.717, 1.165) is 5.56 Å². The minimum absolute atomic E-state index is 0. The first-order valence-electron chi connectivity index (χ1n) is 9.96. The molecular weight excluding hydrogens is 475 g/mol. The third-order valence-corrected chi connectivity index (χ3v) is 7.33. The van der Waals surface area contributed by atoms with Crippen LogP contribution >= 0.6 is 24.0 Å². The smallest absolute Gasteiger partial charge is 0.266 e. The molecule has 1 saturated heterocycles. The lowest BCUT2D eigenvalue weighted by Crippen LogP contribution is -2.42. The van der Waals surface area contributed by atoms with Gasteiger partial charge in [-0.1, -0.05) is 23.7 Å². The summed E-state index contributed by atoms with van der Waals surface area (Å²) in [5.41, 5.74) is 7.12. The zero-order valence-corrected chi connectivity index (χ0v) is 20.0. The molecule has 0 saturated carbocycles. The molecule has 2 aromatic rings. The van der Waals surface area contributed by atoms with Crippen LogP contribution < -0.4 is 10.5 Å². The molecule has 2 aromatic carbocycles. The Morgan fingerprint density at radius 2 is 1.84 bits per heavy atom. The molecule has 1 aliphatic heterocycles. The van der Waals surface area contributed by atoms with Crippen LogP contribution in [0.3, 0.4) is 0 Å². The van der Waals surface area contributed by atoms with Gasteiger partial charge in [-0.05, 0) is 67.3 Å². The van der Waals surface area contributed by atoms with E-state index in [-0.39, 0.29) is 42.3 Å². The molecule has 0 spiro atoms. The topological polar surface area (TPSA) is 107 Å². The highest BCUT2D eigenvalue weighted by Gasteiger charge is 2.38. The fraction of sp³-hybridized carbons (Fsp3) is 0.364. The highest BCUT2D eigenvalue weighted by atomic mass is 35.5. The number of ketones is 1. The fourth-order valence-corrected chi connectivity index (χ4v) is 5.30. The zero-order chi connectivity index (χ0) is 22.6. The quantitative estimate of drug-likeness (QED) is 0.625. The number of hydrogen-bond acceptors (Lipinski definition) is 6. The van der Waals surface area contributed by atoms with Crippen LogP contribution in [0.15, 0.2) is 47.4 Å². The number of amides is 1. The van der Waals surface area contributed by atoms with Gasteiger partial charge in [0.25, 0.3) is 10.0 Å². The standard InChI is InChI=1S/C22H25ClN2O5S.ClH/c1-30-21-9-5-18(23)13-17(21)12-16-4-6-19(26)14-25(22(16)27)31(28,29)20-7-2-15(3-8-20)10-11-24;/h2-3,5,7-9,13,16H,4,6,10-12,14,24H2,1H3;1H. The lowest BCUT2D eigenvalue weighted by molar-refractivity contribution is -0.131. The second-order valence-electron chi connectivity index (χ2n) is 7.47. The van der Waals surface area contributed by atoms with Crippen molar-refractivity contribution in [3.63, 3.8) is 0 Å². The summed E-state index contributed by atoms with van der Waals surface area (Å²) in [7, 11) is -2.66. The van der Waals surface area contributed by atoms with E-state index in [2.05, 4.69) is 0 Å². The van der Waals surface area contributed by atoms with E-state index in [0.29, 0.717) is 33.6 Å². The van der Waals surface area contributed by atoms with E-state index in [9.17, 15) is 18.0 Å². The molecule has 0 aliphatic carbocycles. The molecule has 1 aliphatic rings. The number of rotatable bonds is 7. The summed E-state index contributed by atoms with van der Waals surface area (Å²) in [6.07, 6.45) is 1.22. The number of methoxy groups -OCH3 is 1. The van der Waals surface area contributed by atoms with Gasteiger partial charge in [0.1, 0.15) is 5.75 Å². The normalized spacial score (nSPS) is 17.0. The van der Waals surface area contributed by atoms with Crippen LogP contribution in [-0.2, 0) is 32.5 Å². The number of sulfonamides is 1. The van der Waals surface area contributed by atoms with Crippen molar-refractivity contribution in [2.45, 2.75) is 30.6 Å². The zero-order valence-electron chi connectivity index (χ0n) is 17.6. The van der Waals surface area contributed by atoms with E-state index in [4.69, 9.17) is 22.1 Å². The van der Waals surface area contributed by atoms with Gasteiger partial charge in [0.2, 0.25) is 5.91 Å². The number of nitrogens with two attached hydrogens (primary N) is 1. The Bertz CT molecular complexity index is 1070. The number of Topliss-reactive ketones (excluding diaryl/α,β-unsaturated/α-hetero) is 1. The van der Waals surface area contributed by atoms with E-state index >= 15 is 0 Å². The van der Waals surface area contributed by atoms with Crippen LogP contribution in [0.2, 0.25) is 5.02 Å². The molecule has 1 fully saturated rings. The van der Waals surface area contributed by atoms with Crippen molar-refractivity contribution >= 4 is 45.7 Å². The Morgan fingerprint density at radius 3 is 2.47 bits per heavy atom. The Balaban J connectivity index is 0.00000363. The highest BCUT2D eigenvalue weighted by Crippen LogP contribution is 2.30. The second-order valence-corrected chi connectivity index (χ2v) is 9.77. The first kappa shape index (κ1) is 26.1. The number of halogens is 2. The van der Waals surface area contributed by atoms with Crippen LogP contribution in [0.4, 0.5) is 0 Å². The van der Waals surface area contributed by atoms with E-state index in [1.54, 1.807) is 30.3 Å². The van der Waals surface area contributed by atoms with Gasteiger partial charge in [-0.25, -0.2) is 12.7 Å².